The second-order valence-electron chi connectivity index (χ2n) is 7.22. The summed E-state index contributed by atoms with van der Waals surface area (Å²) in [5, 5.41) is 2.84. The smallest absolute Gasteiger partial charge is 0.243 e. The number of anilines is 1. The number of carbonyl (C=O) groups excluding carboxylic acids is 1. The Morgan fingerprint density at radius 3 is 2.35 bits per heavy atom. The average Bonchev–Trinajstić information content (AvgIpc) is 2.77. The average molecular weight is 448 g/mol. The fourth-order valence-corrected chi connectivity index (χ4v) is 4.90. The fraction of sp³-hybridized carbons (Fsp3) is 0.435. The predicted octanol–water partition coefficient (Wildman–Crippen LogP) is 3.37. The van der Waals surface area contributed by atoms with Crippen LogP contribution in [0.5, 0.6) is 0 Å². The zero-order valence-corrected chi connectivity index (χ0v) is 19.6. The monoisotopic (exact) mass is 447 g/mol. The zero-order chi connectivity index (χ0) is 22.9. The van der Waals surface area contributed by atoms with Crippen molar-refractivity contribution < 1.29 is 17.9 Å². The van der Waals surface area contributed by atoms with E-state index in [1.54, 1.807) is 39.2 Å². The molecule has 0 saturated carbocycles. The second kappa shape index (κ2) is 12.0. The molecule has 31 heavy (non-hydrogen) atoms. The molecule has 8 heteroatoms. The van der Waals surface area contributed by atoms with Gasteiger partial charge < -0.3 is 10.1 Å². The van der Waals surface area contributed by atoms with Gasteiger partial charge in [-0.15, -0.1) is 0 Å². The second-order valence-corrected chi connectivity index (χ2v) is 9.15. The number of nitrogens with one attached hydrogen (secondary N) is 1. The van der Waals surface area contributed by atoms with Crippen LogP contribution in [0.3, 0.4) is 0 Å². The molecule has 0 aliphatic carbocycles. The molecule has 1 amide bonds. The number of hydrogen-bond donors (Lipinski definition) is 1. The molecule has 0 spiro atoms. The highest BCUT2D eigenvalue weighted by Gasteiger charge is 2.22. The van der Waals surface area contributed by atoms with Crippen molar-refractivity contribution in [1.29, 1.82) is 0 Å². The number of amides is 1. The Morgan fingerprint density at radius 1 is 1.06 bits per heavy atom. The first-order valence-corrected chi connectivity index (χ1v) is 12.0. The van der Waals surface area contributed by atoms with Crippen LogP contribution in [0.15, 0.2) is 59.5 Å². The Bertz CT molecular complexity index is 931. The Morgan fingerprint density at radius 2 is 1.74 bits per heavy atom. The number of rotatable bonds is 12. The van der Waals surface area contributed by atoms with Crippen molar-refractivity contribution in [3.8, 4) is 0 Å². The van der Waals surface area contributed by atoms with Crippen molar-refractivity contribution in [2.45, 2.75) is 31.7 Å². The van der Waals surface area contributed by atoms with Crippen LogP contribution in [0.1, 0.15) is 32.4 Å². The molecule has 0 heterocycles. The first kappa shape index (κ1) is 25.0. The lowest BCUT2D eigenvalue weighted by molar-refractivity contribution is -0.118. The third-order valence-corrected chi connectivity index (χ3v) is 7.27. The predicted molar refractivity (Wildman–Crippen MR) is 123 cm³/mol. The Balaban J connectivity index is 2.14. The van der Waals surface area contributed by atoms with Crippen molar-refractivity contribution in [2.75, 3.05) is 45.2 Å². The van der Waals surface area contributed by atoms with Gasteiger partial charge in [0.05, 0.1) is 18.0 Å². The van der Waals surface area contributed by atoms with E-state index in [-0.39, 0.29) is 23.4 Å². The quantitative estimate of drug-likeness (QED) is 0.540. The number of sulfonamides is 1. The van der Waals surface area contributed by atoms with Crippen LogP contribution in [-0.4, -0.2) is 63.4 Å². The lowest BCUT2D eigenvalue weighted by Gasteiger charge is -2.28. The maximum absolute atomic E-state index is 12.8. The van der Waals surface area contributed by atoms with Gasteiger partial charge in [0.25, 0.3) is 0 Å². The summed E-state index contributed by atoms with van der Waals surface area (Å²) in [4.78, 5) is 15.0. The maximum Gasteiger partial charge on any atom is 0.243 e. The molecule has 0 aliphatic heterocycles. The van der Waals surface area contributed by atoms with E-state index in [9.17, 15) is 13.2 Å². The maximum atomic E-state index is 12.8. The lowest BCUT2D eigenvalue weighted by atomic mass is 10.1. The normalized spacial score (nSPS) is 12.8. The van der Waals surface area contributed by atoms with Gasteiger partial charge in [0, 0.05) is 38.5 Å². The van der Waals surface area contributed by atoms with E-state index >= 15 is 0 Å². The van der Waals surface area contributed by atoms with Gasteiger partial charge in [0.2, 0.25) is 15.9 Å². The number of carbonyl (C=O) groups is 1. The minimum absolute atomic E-state index is 0.0245. The van der Waals surface area contributed by atoms with Gasteiger partial charge in [-0.05, 0) is 30.7 Å². The molecule has 2 rings (SSSR count). The van der Waals surface area contributed by atoms with Crippen molar-refractivity contribution in [1.82, 2.24) is 9.21 Å². The molecule has 0 aliphatic rings. The zero-order valence-electron chi connectivity index (χ0n) is 18.7. The van der Waals surface area contributed by atoms with E-state index in [1.807, 2.05) is 35.2 Å². The highest BCUT2D eigenvalue weighted by atomic mass is 32.2. The van der Waals surface area contributed by atoms with Crippen molar-refractivity contribution >= 4 is 21.6 Å². The van der Waals surface area contributed by atoms with Gasteiger partial charge in [-0.3, -0.25) is 9.69 Å². The van der Waals surface area contributed by atoms with Crippen LogP contribution >= 0.6 is 0 Å². The van der Waals surface area contributed by atoms with Crippen molar-refractivity contribution in [3.05, 3.63) is 60.2 Å². The summed E-state index contributed by atoms with van der Waals surface area (Å²) >= 11 is 0. The molecule has 0 fully saturated rings. The van der Waals surface area contributed by atoms with Gasteiger partial charge in [-0.1, -0.05) is 50.2 Å². The molecule has 0 bridgehead atoms. The summed E-state index contributed by atoms with van der Waals surface area (Å²) < 4.78 is 32.1. The number of ether oxygens (including phenoxy) is 1. The molecule has 0 saturated heterocycles. The molecule has 170 valence electrons. The highest BCUT2D eigenvalue weighted by molar-refractivity contribution is 7.89. The molecule has 7 nitrogen and oxygen atoms in total. The highest BCUT2D eigenvalue weighted by Crippen LogP contribution is 2.21. The Labute approximate surface area is 186 Å². The topological polar surface area (TPSA) is 79.0 Å². The minimum Gasteiger partial charge on any atom is -0.383 e. The third-order valence-electron chi connectivity index (χ3n) is 5.22. The van der Waals surface area contributed by atoms with E-state index in [4.69, 9.17) is 4.74 Å². The summed E-state index contributed by atoms with van der Waals surface area (Å²) in [6, 6.07) is 16.4. The number of hydrogen-bond acceptors (Lipinski definition) is 5. The van der Waals surface area contributed by atoms with Crippen LogP contribution in [0.4, 0.5) is 5.69 Å². The summed E-state index contributed by atoms with van der Waals surface area (Å²) in [5.74, 6) is -0.212. The Hall–Kier alpha value is -2.26. The third kappa shape index (κ3) is 6.87. The molecule has 1 atom stereocenters. The molecule has 0 unspecified atom stereocenters. The van der Waals surface area contributed by atoms with Crippen molar-refractivity contribution in [3.63, 3.8) is 0 Å². The van der Waals surface area contributed by atoms with Crippen LogP contribution in [0.2, 0.25) is 0 Å². The van der Waals surface area contributed by atoms with Gasteiger partial charge in [-0.2, -0.15) is 4.31 Å². The number of methoxy groups -OCH3 is 1. The van der Waals surface area contributed by atoms with Gasteiger partial charge in [0.1, 0.15) is 0 Å². The van der Waals surface area contributed by atoms with Crippen LogP contribution < -0.4 is 5.32 Å². The first-order valence-electron chi connectivity index (χ1n) is 10.5. The minimum atomic E-state index is -3.59. The van der Waals surface area contributed by atoms with Gasteiger partial charge >= 0.3 is 0 Å². The van der Waals surface area contributed by atoms with Crippen LogP contribution in [0.25, 0.3) is 0 Å². The first-order chi connectivity index (χ1) is 14.8. The summed E-state index contributed by atoms with van der Waals surface area (Å²) in [6.45, 7) is 7.69. The van der Waals surface area contributed by atoms with Crippen LogP contribution in [-0.2, 0) is 19.6 Å². The standard InChI is InChI=1S/C23H33N3O4S/c1-5-26(6-2)31(28,29)22-14-10-13-21(17-22)24-23(27)18-25(15-16-30-4)19(3)20-11-8-7-9-12-20/h7-14,17,19H,5-6,15-16,18H2,1-4H3,(H,24,27)/t19-/m0/s1. The van der Waals surface area contributed by atoms with E-state index < -0.39 is 10.0 Å². The molecule has 2 aromatic rings. The van der Waals surface area contributed by atoms with Crippen molar-refractivity contribution in [2.24, 2.45) is 0 Å². The number of nitrogens with zero attached hydrogens (tertiary/aromatic N) is 2. The van der Waals surface area contributed by atoms with Gasteiger partial charge in [0.15, 0.2) is 0 Å². The lowest BCUT2D eigenvalue weighted by Crippen LogP contribution is -2.37. The molecule has 0 aromatic heterocycles. The van der Waals surface area contributed by atoms with E-state index in [1.165, 1.54) is 10.4 Å². The summed E-state index contributed by atoms with van der Waals surface area (Å²) in [7, 11) is -1.96. The number of benzene rings is 2. The van der Waals surface area contributed by atoms with Crippen LogP contribution in [0, 0.1) is 0 Å². The van der Waals surface area contributed by atoms with Gasteiger partial charge in [-0.25, -0.2) is 8.42 Å². The molecular weight excluding hydrogens is 414 g/mol. The molecule has 0 radical (unpaired) electrons. The van der Waals surface area contributed by atoms with E-state index in [0.29, 0.717) is 31.9 Å². The molecule has 1 N–H and O–H groups in total. The SMILES string of the molecule is CCN(CC)S(=O)(=O)c1cccc(NC(=O)CN(CCOC)[C@@H](C)c2ccccc2)c1. The fourth-order valence-electron chi connectivity index (χ4n) is 3.39. The van der Waals surface area contributed by atoms with E-state index in [2.05, 4.69) is 12.2 Å². The summed E-state index contributed by atoms with van der Waals surface area (Å²) in [5.41, 5.74) is 1.57. The van der Waals surface area contributed by atoms with E-state index in [0.717, 1.165) is 5.56 Å². The summed E-state index contributed by atoms with van der Waals surface area (Å²) in [6.07, 6.45) is 0. The molecule has 2 aromatic carbocycles. The largest absolute Gasteiger partial charge is 0.383 e. The molecular formula is C23H33N3O4S. The Kier molecular flexibility index (Phi) is 9.64.